The quantitative estimate of drug-likeness (QED) is 0.527. The number of thioether (sulfide) groups is 1. The Morgan fingerprint density at radius 2 is 2.13 bits per heavy atom. The van der Waals surface area contributed by atoms with Crippen LogP contribution < -0.4 is 4.90 Å². The topological polar surface area (TPSA) is 57.7 Å². The number of aromatic nitrogens is 4. The van der Waals surface area contributed by atoms with E-state index in [2.05, 4.69) is 19.9 Å². The van der Waals surface area contributed by atoms with Crippen LogP contribution in [-0.2, 0) is 5.75 Å². The second-order valence-corrected chi connectivity index (χ2v) is 6.63. The van der Waals surface area contributed by atoms with Crippen LogP contribution in [0.2, 0.25) is 5.02 Å². The lowest BCUT2D eigenvalue weighted by molar-refractivity contribution is 0.965. The maximum Gasteiger partial charge on any atom is 0.178 e. The van der Waals surface area contributed by atoms with E-state index in [-0.39, 0.29) is 0 Å². The number of aromatic amines is 1. The zero-order chi connectivity index (χ0) is 16.2. The van der Waals surface area contributed by atoms with Crippen LogP contribution in [0.5, 0.6) is 0 Å². The highest BCUT2D eigenvalue weighted by Crippen LogP contribution is 2.31. The Labute approximate surface area is 148 Å². The summed E-state index contributed by atoms with van der Waals surface area (Å²) in [5.74, 6) is 1.17. The van der Waals surface area contributed by atoms with Crippen LogP contribution in [0.1, 0.15) is 5.69 Å². The summed E-state index contributed by atoms with van der Waals surface area (Å²) in [6.45, 7) is 0.729. The zero-order valence-electron chi connectivity index (χ0n) is 12.5. The van der Waals surface area contributed by atoms with Crippen LogP contribution in [0.3, 0.4) is 0 Å². The van der Waals surface area contributed by atoms with Crippen molar-refractivity contribution in [3.63, 3.8) is 0 Å². The number of hydrogen-bond donors (Lipinski definition) is 1. The van der Waals surface area contributed by atoms with Gasteiger partial charge in [-0.3, -0.25) is 4.98 Å². The molecule has 5 nitrogen and oxygen atoms in total. The Hall–Kier alpha value is -1.50. The molecule has 0 aliphatic heterocycles. The summed E-state index contributed by atoms with van der Waals surface area (Å²) in [4.78, 5) is 18.3. The van der Waals surface area contributed by atoms with E-state index < -0.39 is 0 Å². The number of hydrogen-bond acceptors (Lipinski definition) is 5. The van der Waals surface area contributed by atoms with Crippen LogP contribution in [0.15, 0.2) is 35.7 Å². The molecule has 1 N–H and O–H groups in total. The molecular weight excluding hydrogens is 353 g/mol. The number of H-pyrrole nitrogens is 1. The predicted octanol–water partition coefficient (Wildman–Crippen LogP) is 3.97. The third-order valence-electron chi connectivity index (χ3n) is 3.35. The van der Waals surface area contributed by atoms with Crippen molar-refractivity contribution >= 4 is 51.8 Å². The minimum Gasteiger partial charge on any atom is -0.372 e. The van der Waals surface area contributed by atoms with Crippen LogP contribution in [0.4, 0.5) is 5.69 Å². The lowest BCUT2D eigenvalue weighted by Gasteiger charge is -2.20. The van der Waals surface area contributed by atoms with Crippen molar-refractivity contribution < 1.29 is 0 Å². The minimum absolute atomic E-state index is 0.547. The van der Waals surface area contributed by atoms with Gasteiger partial charge in [-0.15, -0.1) is 11.6 Å². The molecule has 3 heterocycles. The van der Waals surface area contributed by atoms with E-state index in [1.165, 1.54) is 0 Å². The molecule has 3 aromatic heterocycles. The summed E-state index contributed by atoms with van der Waals surface area (Å²) in [5.41, 5.74) is 3.39. The van der Waals surface area contributed by atoms with Gasteiger partial charge in [0, 0.05) is 37.6 Å². The second kappa shape index (κ2) is 7.38. The summed E-state index contributed by atoms with van der Waals surface area (Å²) in [6.07, 6.45) is 3.49. The van der Waals surface area contributed by atoms with Gasteiger partial charge in [0.05, 0.1) is 21.9 Å². The molecule has 23 heavy (non-hydrogen) atoms. The fourth-order valence-electron chi connectivity index (χ4n) is 2.15. The van der Waals surface area contributed by atoms with E-state index in [1.807, 2.05) is 30.1 Å². The smallest absolute Gasteiger partial charge is 0.178 e. The maximum absolute atomic E-state index is 6.48. The molecule has 0 amide bonds. The maximum atomic E-state index is 6.48. The molecule has 0 unspecified atom stereocenters. The summed E-state index contributed by atoms with van der Waals surface area (Å²) in [6, 6.07) is 5.73. The molecule has 0 fully saturated rings. The molecular formula is C15H15Cl2N5S. The third kappa shape index (κ3) is 3.71. The predicted molar refractivity (Wildman–Crippen MR) is 96.7 cm³/mol. The number of pyridine rings is 2. The molecule has 0 spiro atoms. The second-order valence-electron chi connectivity index (χ2n) is 4.91. The highest BCUT2D eigenvalue weighted by Gasteiger charge is 2.12. The Morgan fingerprint density at radius 1 is 1.26 bits per heavy atom. The fraction of sp³-hybridized carbons (Fsp3) is 0.267. The van der Waals surface area contributed by atoms with Gasteiger partial charge < -0.3 is 9.88 Å². The molecule has 3 rings (SSSR count). The number of fused-ring (bicyclic) bond motifs is 1. The standard InChI is InChI=1S/C15H15Cl2N5S/c1-22(8-5-16)12-4-7-18-11(13(12)17)9-23-15-20-10-3-2-6-19-14(10)21-15/h2-4,6-7H,5,8-9H2,1H3,(H,19,20,21). The average Bonchev–Trinajstić information content (AvgIpc) is 2.97. The van der Waals surface area contributed by atoms with E-state index in [0.717, 1.165) is 28.6 Å². The van der Waals surface area contributed by atoms with Crippen molar-refractivity contribution in [2.24, 2.45) is 0 Å². The number of nitrogens with one attached hydrogen (secondary N) is 1. The number of anilines is 1. The van der Waals surface area contributed by atoms with Crippen molar-refractivity contribution in [2.75, 3.05) is 24.4 Å². The van der Waals surface area contributed by atoms with Crippen molar-refractivity contribution in [2.45, 2.75) is 10.9 Å². The zero-order valence-corrected chi connectivity index (χ0v) is 14.8. The van der Waals surface area contributed by atoms with Crippen molar-refractivity contribution in [1.29, 1.82) is 0 Å². The summed E-state index contributed by atoms with van der Waals surface area (Å²) >= 11 is 13.8. The Bertz CT molecular complexity index is 774. The van der Waals surface area contributed by atoms with E-state index in [9.17, 15) is 0 Å². The SMILES string of the molecule is CN(CCCl)c1ccnc(CSc2nc3ncccc3[nH]2)c1Cl. The Balaban J connectivity index is 1.76. The molecule has 0 aliphatic carbocycles. The molecule has 0 aliphatic rings. The molecule has 0 bridgehead atoms. The number of rotatable bonds is 6. The normalized spacial score (nSPS) is 11.1. The van der Waals surface area contributed by atoms with Crippen molar-refractivity contribution in [1.82, 2.24) is 19.9 Å². The molecule has 8 heteroatoms. The van der Waals surface area contributed by atoms with Gasteiger partial charge >= 0.3 is 0 Å². The Kier molecular flexibility index (Phi) is 5.25. The monoisotopic (exact) mass is 367 g/mol. The van der Waals surface area contributed by atoms with E-state index >= 15 is 0 Å². The van der Waals surface area contributed by atoms with Gasteiger partial charge in [0.2, 0.25) is 0 Å². The van der Waals surface area contributed by atoms with Crippen molar-refractivity contribution in [3.8, 4) is 0 Å². The van der Waals surface area contributed by atoms with E-state index in [1.54, 1.807) is 24.2 Å². The molecule has 0 saturated heterocycles. The first-order valence-electron chi connectivity index (χ1n) is 7.03. The van der Waals surface area contributed by atoms with E-state index in [4.69, 9.17) is 23.2 Å². The number of nitrogens with zero attached hydrogens (tertiary/aromatic N) is 4. The highest BCUT2D eigenvalue weighted by atomic mass is 35.5. The van der Waals surface area contributed by atoms with Gasteiger partial charge in [0.1, 0.15) is 0 Å². The molecule has 0 radical (unpaired) electrons. The summed E-state index contributed by atoms with van der Waals surface area (Å²) in [5, 5.41) is 1.46. The summed E-state index contributed by atoms with van der Waals surface area (Å²) < 4.78 is 0. The Morgan fingerprint density at radius 3 is 2.91 bits per heavy atom. The molecule has 3 aromatic rings. The minimum atomic E-state index is 0.547. The van der Waals surface area contributed by atoms with Crippen LogP contribution >= 0.6 is 35.0 Å². The third-order valence-corrected chi connectivity index (χ3v) is 4.82. The average molecular weight is 368 g/mol. The van der Waals surface area contributed by atoms with E-state index in [0.29, 0.717) is 22.3 Å². The number of alkyl halides is 1. The van der Waals surface area contributed by atoms with Gasteiger partial charge in [-0.1, -0.05) is 23.4 Å². The molecule has 0 aromatic carbocycles. The van der Waals surface area contributed by atoms with Crippen LogP contribution in [0.25, 0.3) is 11.2 Å². The first kappa shape index (κ1) is 16.4. The first-order chi connectivity index (χ1) is 11.2. The number of halogens is 2. The van der Waals surface area contributed by atoms with Gasteiger partial charge in [-0.05, 0) is 18.2 Å². The van der Waals surface area contributed by atoms with Gasteiger partial charge in [0.25, 0.3) is 0 Å². The molecule has 0 saturated carbocycles. The summed E-state index contributed by atoms with van der Waals surface area (Å²) in [7, 11) is 1.96. The highest BCUT2D eigenvalue weighted by molar-refractivity contribution is 7.98. The lowest BCUT2D eigenvalue weighted by Crippen LogP contribution is -2.20. The largest absolute Gasteiger partial charge is 0.372 e. The van der Waals surface area contributed by atoms with Crippen molar-refractivity contribution in [3.05, 3.63) is 41.3 Å². The fourth-order valence-corrected chi connectivity index (χ4v) is 3.63. The van der Waals surface area contributed by atoms with Crippen LogP contribution in [0, 0.1) is 0 Å². The van der Waals surface area contributed by atoms with Gasteiger partial charge in [-0.25, -0.2) is 9.97 Å². The van der Waals surface area contributed by atoms with Crippen LogP contribution in [-0.4, -0.2) is 39.4 Å². The molecule has 0 atom stereocenters. The van der Waals surface area contributed by atoms with Gasteiger partial charge in [-0.2, -0.15) is 0 Å². The molecule has 120 valence electrons. The first-order valence-corrected chi connectivity index (χ1v) is 8.93. The number of imidazole rings is 1. The lowest BCUT2D eigenvalue weighted by atomic mass is 10.3. The van der Waals surface area contributed by atoms with Gasteiger partial charge in [0.15, 0.2) is 10.8 Å².